The molecule has 5 nitrogen and oxygen atoms in total. The van der Waals surface area contributed by atoms with Crippen molar-refractivity contribution in [3.8, 4) is 17.1 Å². The average Bonchev–Trinajstić information content (AvgIpc) is 2.83. The molecule has 5 heteroatoms. The molecule has 1 aromatic carbocycles. The van der Waals surface area contributed by atoms with E-state index in [2.05, 4.69) is 9.97 Å². The molecule has 0 spiro atoms. The SMILES string of the molecule is Cn1c(-c2ccc(OCCN)cc2)nc2cccnc21. The van der Waals surface area contributed by atoms with Gasteiger partial charge >= 0.3 is 0 Å². The quantitative estimate of drug-likeness (QED) is 0.785. The molecule has 0 atom stereocenters. The molecule has 0 radical (unpaired) electrons. The van der Waals surface area contributed by atoms with Crippen LogP contribution in [0.2, 0.25) is 0 Å². The summed E-state index contributed by atoms with van der Waals surface area (Å²) in [6.07, 6.45) is 1.78. The second-order valence-electron chi connectivity index (χ2n) is 4.50. The Morgan fingerprint density at radius 2 is 2.00 bits per heavy atom. The molecular formula is C15H16N4O. The fourth-order valence-electron chi connectivity index (χ4n) is 2.16. The van der Waals surface area contributed by atoms with Crippen molar-refractivity contribution >= 4 is 11.2 Å². The summed E-state index contributed by atoms with van der Waals surface area (Å²) in [6, 6.07) is 11.7. The predicted octanol–water partition coefficient (Wildman–Crippen LogP) is 1.97. The van der Waals surface area contributed by atoms with Crippen molar-refractivity contribution in [1.82, 2.24) is 14.5 Å². The molecule has 3 aromatic rings. The molecule has 0 aliphatic heterocycles. The second kappa shape index (κ2) is 5.30. The molecule has 0 amide bonds. The van der Waals surface area contributed by atoms with E-state index in [9.17, 15) is 0 Å². The topological polar surface area (TPSA) is 66.0 Å². The molecule has 2 aromatic heterocycles. The molecule has 0 aliphatic carbocycles. The summed E-state index contributed by atoms with van der Waals surface area (Å²) in [4.78, 5) is 8.96. The van der Waals surface area contributed by atoms with E-state index in [4.69, 9.17) is 10.5 Å². The van der Waals surface area contributed by atoms with Crippen LogP contribution in [0.1, 0.15) is 0 Å². The fourth-order valence-corrected chi connectivity index (χ4v) is 2.16. The van der Waals surface area contributed by atoms with Gasteiger partial charge in [0.15, 0.2) is 5.65 Å². The van der Waals surface area contributed by atoms with Gasteiger partial charge in [0.1, 0.15) is 23.7 Å². The van der Waals surface area contributed by atoms with Gasteiger partial charge in [0, 0.05) is 25.4 Å². The van der Waals surface area contributed by atoms with Gasteiger partial charge in [0.25, 0.3) is 0 Å². The first kappa shape index (κ1) is 12.6. The van der Waals surface area contributed by atoms with Crippen LogP contribution in [0.4, 0.5) is 0 Å². The highest BCUT2D eigenvalue weighted by Gasteiger charge is 2.10. The van der Waals surface area contributed by atoms with Crippen molar-refractivity contribution in [2.24, 2.45) is 12.8 Å². The number of nitrogens with zero attached hydrogens (tertiary/aromatic N) is 3. The van der Waals surface area contributed by atoms with E-state index in [1.807, 2.05) is 48.0 Å². The first-order chi connectivity index (χ1) is 9.79. The highest BCUT2D eigenvalue weighted by atomic mass is 16.5. The number of benzene rings is 1. The Kier molecular flexibility index (Phi) is 3.35. The van der Waals surface area contributed by atoms with Gasteiger partial charge < -0.3 is 15.0 Å². The number of imidazole rings is 1. The van der Waals surface area contributed by atoms with Crippen molar-refractivity contribution in [3.05, 3.63) is 42.6 Å². The van der Waals surface area contributed by atoms with Gasteiger partial charge in [-0.25, -0.2) is 9.97 Å². The summed E-state index contributed by atoms with van der Waals surface area (Å²) in [5.41, 5.74) is 8.23. The summed E-state index contributed by atoms with van der Waals surface area (Å²) in [7, 11) is 1.97. The standard InChI is InChI=1S/C15H16N4O/c1-19-14(18-13-3-2-9-17-15(13)19)11-4-6-12(7-5-11)20-10-8-16/h2-7,9H,8,10,16H2,1H3. The fraction of sp³-hybridized carbons (Fsp3) is 0.200. The minimum atomic E-state index is 0.512. The Morgan fingerprint density at radius 3 is 2.70 bits per heavy atom. The van der Waals surface area contributed by atoms with Gasteiger partial charge in [0.05, 0.1) is 0 Å². The molecule has 3 rings (SSSR count). The highest BCUT2D eigenvalue weighted by Crippen LogP contribution is 2.24. The summed E-state index contributed by atoms with van der Waals surface area (Å²) in [5, 5.41) is 0. The van der Waals surface area contributed by atoms with E-state index < -0.39 is 0 Å². The molecule has 2 N–H and O–H groups in total. The van der Waals surface area contributed by atoms with Crippen LogP contribution >= 0.6 is 0 Å². The number of aryl methyl sites for hydroxylation is 1. The average molecular weight is 268 g/mol. The third kappa shape index (κ3) is 2.23. The van der Waals surface area contributed by atoms with Gasteiger partial charge in [-0.15, -0.1) is 0 Å². The number of pyridine rings is 1. The summed E-state index contributed by atoms with van der Waals surface area (Å²) in [5.74, 6) is 1.71. The Balaban J connectivity index is 1.96. The molecule has 102 valence electrons. The van der Waals surface area contributed by atoms with Crippen LogP contribution < -0.4 is 10.5 Å². The van der Waals surface area contributed by atoms with Gasteiger partial charge in [-0.05, 0) is 36.4 Å². The van der Waals surface area contributed by atoms with Crippen molar-refractivity contribution in [2.75, 3.05) is 13.2 Å². The number of hydrogen-bond donors (Lipinski definition) is 1. The van der Waals surface area contributed by atoms with Crippen molar-refractivity contribution in [2.45, 2.75) is 0 Å². The molecule has 0 bridgehead atoms. The highest BCUT2D eigenvalue weighted by molar-refractivity contribution is 5.76. The number of ether oxygens (including phenoxy) is 1. The Bertz CT molecular complexity index is 718. The van der Waals surface area contributed by atoms with Gasteiger partial charge in [-0.3, -0.25) is 0 Å². The zero-order valence-electron chi connectivity index (χ0n) is 11.3. The summed E-state index contributed by atoms with van der Waals surface area (Å²) in [6.45, 7) is 1.04. The van der Waals surface area contributed by atoms with E-state index >= 15 is 0 Å². The number of nitrogens with two attached hydrogens (primary N) is 1. The predicted molar refractivity (Wildman–Crippen MR) is 78.5 cm³/mol. The lowest BCUT2D eigenvalue weighted by atomic mass is 10.2. The van der Waals surface area contributed by atoms with Crippen LogP contribution in [-0.2, 0) is 7.05 Å². The minimum Gasteiger partial charge on any atom is -0.492 e. The van der Waals surface area contributed by atoms with Gasteiger partial charge in [-0.2, -0.15) is 0 Å². The lowest BCUT2D eigenvalue weighted by Gasteiger charge is -2.06. The van der Waals surface area contributed by atoms with Crippen molar-refractivity contribution in [3.63, 3.8) is 0 Å². The van der Waals surface area contributed by atoms with Gasteiger partial charge in [-0.1, -0.05) is 0 Å². The molecule has 20 heavy (non-hydrogen) atoms. The zero-order chi connectivity index (χ0) is 13.9. The molecule has 2 heterocycles. The number of fused-ring (bicyclic) bond motifs is 1. The maximum Gasteiger partial charge on any atom is 0.159 e. The smallest absolute Gasteiger partial charge is 0.159 e. The maximum atomic E-state index is 5.47. The van der Waals surface area contributed by atoms with Gasteiger partial charge in [0.2, 0.25) is 0 Å². The van der Waals surface area contributed by atoms with Crippen LogP contribution in [0, 0.1) is 0 Å². The molecule has 0 unspecified atom stereocenters. The van der Waals surface area contributed by atoms with Crippen LogP contribution in [0.25, 0.3) is 22.6 Å². The largest absolute Gasteiger partial charge is 0.492 e. The molecule has 0 fully saturated rings. The normalized spacial score (nSPS) is 10.9. The van der Waals surface area contributed by atoms with E-state index in [0.717, 1.165) is 28.3 Å². The minimum absolute atomic E-state index is 0.512. The van der Waals surface area contributed by atoms with Crippen LogP contribution in [0.5, 0.6) is 5.75 Å². The molecular weight excluding hydrogens is 252 g/mol. The number of aromatic nitrogens is 3. The Hall–Kier alpha value is -2.40. The summed E-state index contributed by atoms with van der Waals surface area (Å²) < 4.78 is 7.46. The Labute approximate surface area is 117 Å². The maximum absolute atomic E-state index is 5.47. The number of rotatable bonds is 4. The number of hydrogen-bond acceptors (Lipinski definition) is 4. The molecule has 0 saturated carbocycles. The zero-order valence-corrected chi connectivity index (χ0v) is 11.3. The third-order valence-corrected chi connectivity index (χ3v) is 3.13. The van der Waals surface area contributed by atoms with Crippen molar-refractivity contribution < 1.29 is 4.74 Å². The van der Waals surface area contributed by atoms with E-state index in [0.29, 0.717) is 13.2 Å². The monoisotopic (exact) mass is 268 g/mol. The van der Waals surface area contributed by atoms with E-state index in [1.165, 1.54) is 0 Å². The summed E-state index contributed by atoms with van der Waals surface area (Å²) >= 11 is 0. The third-order valence-electron chi connectivity index (χ3n) is 3.13. The van der Waals surface area contributed by atoms with Crippen LogP contribution in [-0.4, -0.2) is 27.7 Å². The van der Waals surface area contributed by atoms with E-state index in [-0.39, 0.29) is 0 Å². The van der Waals surface area contributed by atoms with Crippen LogP contribution in [0.3, 0.4) is 0 Å². The first-order valence-corrected chi connectivity index (χ1v) is 6.50. The van der Waals surface area contributed by atoms with Crippen molar-refractivity contribution in [1.29, 1.82) is 0 Å². The first-order valence-electron chi connectivity index (χ1n) is 6.50. The van der Waals surface area contributed by atoms with E-state index in [1.54, 1.807) is 6.20 Å². The Morgan fingerprint density at radius 1 is 1.20 bits per heavy atom. The lowest BCUT2D eigenvalue weighted by molar-refractivity contribution is 0.328. The van der Waals surface area contributed by atoms with Crippen LogP contribution in [0.15, 0.2) is 42.6 Å². The molecule has 0 saturated heterocycles. The second-order valence-corrected chi connectivity index (χ2v) is 4.50. The lowest BCUT2D eigenvalue weighted by Crippen LogP contribution is -2.10. The molecule has 0 aliphatic rings.